The molecule has 1 aliphatic rings. The predicted molar refractivity (Wildman–Crippen MR) is 49.3 cm³/mol. The largest absolute Gasteiger partial charge is 0.216 e. The van der Waals surface area contributed by atoms with Crippen molar-refractivity contribution in [2.24, 2.45) is 5.92 Å². The first-order chi connectivity index (χ1) is 5.98. The minimum absolute atomic E-state index is 0.177. The SMILES string of the molecule is CC(C#N)CN(C)S(=O)(=O)C1CC1. The van der Waals surface area contributed by atoms with Gasteiger partial charge in [0.1, 0.15) is 0 Å². The standard InChI is InChI=1S/C8H14N2O2S/c1-7(5-9)6-10(2)13(11,12)8-3-4-8/h7-8H,3-4,6H2,1-2H3. The van der Waals surface area contributed by atoms with Crippen molar-refractivity contribution >= 4 is 10.0 Å². The molecule has 1 unspecified atom stereocenters. The van der Waals surface area contributed by atoms with E-state index in [1.54, 1.807) is 14.0 Å². The first-order valence-corrected chi connectivity index (χ1v) is 5.83. The number of hydrogen-bond acceptors (Lipinski definition) is 3. The topological polar surface area (TPSA) is 61.2 Å². The first-order valence-electron chi connectivity index (χ1n) is 4.33. The van der Waals surface area contributed by atoms with Crippen LogP contribution in [0.25, 0.3) is 0 Å². The van der Waals surface area contributed by atoms with Gasteiger partial charge < -0.3 is 0 Å². The molecule has 13 heavy (non-hydrogen) atoms. The Kier molecular flexibility index (Phi) is 2.94. The van der Waals surface area contributed by atoms with Gasteiger partial charge in [-0.2, -0.15) is 5.26 Å². The Bertz CT molecular complexity index is 314. The van der Waals surface area contributed by atoms with Gasteiger partial charge >= 0.3 is 0 Å². The van der Waals surface area contributed by atoms with E-state index in [0.29, 0.717) is 6.54 Å². The molecule has 0 aliphatic heterocycles. The van der Waals surface area contributed by atoms with Crippen LogP contribution in [0.15, 0.2) is 0 Å². The lowest BCUT2D eigenvalue weighted by atomic mass is 10.2. The van der Waals surface area contributed by atoms with Crippen LogP contribution in [0.3, 0.4) is 0 Å². The molecule has 0 amide bonds. The van der Waals surface area contributed by atoms with Crippen LogP contribution in [0.5, 0.6) is 0 Å². The quantitative estimate of drug-likeness (QED) is 0.669. The van der Waals surface area contributed by atoms with E-state index in [1.165, 1.54) is 4.31 Å². The highest BCUT2D eigenvalue weighted by atomic mass is 32.2. The molecule has 1 rings (SSSR count). The van der Waals surface area contributed by atoms with Crippen LogP contribution in [0.4, 0.5) is 0 Å². The summed E-state index contributed by atoms with van der Waals surface area (Å²) >= 11 is 0. The Labute approximate surface area is 79.2 Å². The van der Waals surface area contributed by atoms with Crippen LogP contribution in [-0.4, -0.2) is 31.6 Å². The van der Waals surface area contributed by atoms with Gasteiger partial charge in [-0.25, -0.2) is 12.7 Å². The Morgan fingerprint density at radius 3 is 2.54 bits per heavy atom. The Morgan fingerprint density at radius 2 is 2.15 bits per heavy atom. The summed E-state index contributed by atoms with van der Waals surface area (Å²) in [5.74, 6) is -0.237. The molecule has 4 nitrogen and oxygen atoms in total. The van der Waals surface area contributed by atoms with E-state index in [0.717, 1.165) is 12.8 Å². The molecule has 5 heteroatoms. The van der Waals surface area contributed by atoms with Crippen LogP contribution in [0, 0.1) is 17.2 Å². The van der Waals surface area contributed by atoms with Gasteiger partial charge in [0.25, 0.3) is 0 Å². The van der Waals surface area contributed by atoms with Crippen molar-refractivity contribution in [1.29, 1.82) is 5.26 Å². The summed E-state index contributed by atoms with van der Waals surface area (Å²) in [4.78, 5) is 0. The smallest absolute Gasteiger partial charge is 0.212 e. The molecule has 1 saturated carbocycles. The third-order valence-electron chi connectivity index (χ3n) is 2.13. The van der Waals surface area contributed by atoms with Crippen molar-refractivity contribution in [3.8, 4) is 6.07 Å². The summed E-state index contributed by atoms with van der Waals surface area (Å²) in [5, 5.41) is 8.35. The maximum absolute atomic E-state index is 11.6. The zero-order valence-corrected chi connectivity index (χ0v) is 8.71. The lowest BCUT2D eigenvalue weighted by Crippen LogP contribution is -2.33. The number of hydrogen-bond donors (Lipinski definition) is 0. The molecule has 1 fully saturated rings. The van der Waals surface area contributed by atoms with E-state index in [1.807, 2.05) is 6.07 Å². The van der Waals surface area contributed by atoms with E-state index in [4.69, 9.17) is 5.26 Å². The fourth-order valence-electron chi connectivity index (χ4n) is 1.15. The number of nitrogens with zero attached hydrogens (tertiary/aromatic N) is 2. The average molecular weight is 202 g/mol. The Morgan fingerprint density at radius 1 is 1.62 bits per heavy atom. The Balaban J connectivity index is 2.57. The van der Waals surface area contributed by atoms with Gasteiger partial charge in [-0.15, -0.1) is 0 Å². The van der Waals surface area contributed by atoms with Crippen molar-refractivity contribution in [3.05, 3.63) is 0 Å². The van der Waals surface area contributed by atoms with Crippen molar-refractivity contribution in [2.75, 3.05) is 13.6 Å². The molecule has 0 bridgehead atoms. The third kappa shape index (κ3) is 2.42. The second-order valence-electron chi connectivity index (χ2n) is 3.55. The summed E-state index contributed by atoms with van der Waals surface area (Å²) < 4.78 is 24.4. The molecule has 0 saturated heterocycles. The van der Waals surface area contributed by atoms with Crippen molar-refractivity contribution < 1.29 is 8.42 Å². The molecule has 0 aromatic heterocycles. The highest BCUT2D eigenvalue weighted by Crippen LogP contribution is 2.30. The number of sulfonamides is 1. The lowest BCUT2D eigenvalue weighted by molar-refractivity contribution is 0.438. The van der Waals surface area contributed by atoms with Crippen LogP contribution >= 0.6 is 0 Å². The van der Waals surface area contributed by atoms with E-state index >= 15 is 0 Å². The molecule has 0 aromatic rings. The minimum Gasteiger partial charge on any atom is -0.212 e. The van der Waals surface area contributed by atoms with Gasteiger partial charge in [-0.05, 0) is 19.8 Å². The van der Waals surface area contributed by atoms with E-state index < -0.39 is 10.0 Å². The molecule has 0 heterocycles. The summed E-state index contributed by atoms with van der Waals surface area (Å²) in [6.07, 6.45) is 1.54. The second-order valence-corrected chi connectivity index (χ2v) is 5.87. The van der Waals surface area contributed by atoms with Crippen LogP contribution in [0.2, 0.25) is 0 Å². The predicted octanol–water partition coefficient (Wildman–Crippen LogP) is 0.570. The van der Waals surface area contributed by atoms with Gasteiger partial charge in [0.2, 0.25) is 10.0 Å². The van der Waals surface area contributed by atoms with E-state index in [2.05, 4.69) is 0 Å². The molecule has 1 atom stereocenters. The second kappa shape index (κ2) is 3.64. The van der Waals surface area contributed by atoms with E-state index in [9.17, 15) is 8.42 Å². The van der Waals surface area contributed by atoms with Crippen LogP contribution < -0.4 is 0 Å². The first kappa shape index (κ1) is 10.5. The summed E-state index contributed by atoms with van der Waals surface area (Å²) in [5.41, 5.74) is 0. The highest BCUT2D eigenvalue weighted by molar-refractivity contribution is 7.90. The van der Waals surface area contributed by atoms with Crippen molar-refractivity contribution in [2.45, 2.75) is 25.0 Å². The fraction of sp³-hybridized carbons (Fsp3) is 0.875. The maximum Gasteiger partial charge on any atom is 0.216 e. The highest BCUT2D eigenvalue weighted by Gasteiger charge is 2.38. The zero-order valence-electron chi connectivity index (χ0n) is 7.90. The molecular formula is C8H14N2O2S. The molecule has 0 radical (unpaired) electrons. The summed E-state index contributed by atoms with van der Waals surface area (Å²) in [6, 6.07) is 2.02. The monoisotopic (exact) mass is 202 g/mol. The zero-order chi connectivity index (χ0) is 10.1. The fourth-order valence-corrected chi connectivity index (χ4v) is 2.82. The molecular weight excluding hydrogens is 188 g/mol. The van der Waals surface area contributed by atoms with Crippen molar-refractivity contribution in [3.63, 3.8) is 0 Å². The molecule has 0 spiro atoms. The van der Waals surface area contributed by atoms with E-state index in [-0.39, 0.29) is 11.2 Å². The maximum atomic E-state index is 11.6. The van der Waals surface area contributed by atoms with Gasteiger partial charge in [-0.1, -0.05) is 0 Å². The normalized spacial score (nSPS) is 19.8. The lowest BCUT2D eigenvalue weighted by Gasteiger charge is -2.17. The number of nitriles is 1. The van der Waals surface area contributed by atoms with Crippen LogP contribution in [0.1, 0.15) is 19.8 Å². The van der Waals surface area contributed by atoms with Crippen LogP contribution in [-0.2, 0) is 10.0 Å². The average Bonchev–Trinajstić information content (AvgIpc) is 2.86. The van der Waals surface area contributed by atoms with Gasteiger partial charge in [0.15, 0.2) is 0 Å². The number of rotatable bonds is 4. The molecule has 74 valence electrons. The molecule has 1 aliphatic carbocycles. The van der Waals surface area contributed by atoms with Gasteiger partial charge in [-0.3, -0.25) is 0 Å². The molecule has 0 N–H and O–H groups in total. The molecule has 0 aromatic carbocycles. The third-order valence-corrected chi connectivity index (χ3v) is 4.46. The van der Waals surface area contributed by atoms with Gasteiger partial charge in [0.05, 0.1) is 17.2 Å². The summed E-state index contributed by atoms with van der Waals surface area (Å²) in [6.45, 7) is 2.02. The minimum atomic E-state index is -3.09. The van der Waals surface area contributed by atoms with Crippen molar-refractivity contribution in [1.82, 2.24) is 4.31 Å². The van der Waals surface area contributed by atoms with Gasteiger partial charge in [0, 0.05) is 13.6 Å². The Hall–Kier alpha value is -0.600. The summed E-state index contributed by atoms with van der Waals surface area (Å²) in [7, 11) is -1.55.